The van der Waals surface area contributed by atoms with E-state index in [1.807, 2.05) is 4.90 Å². The van der Waals surface area contributed by atoms with Crippen LogP contribution in [0.3, 0.4) is 0 Å². The third-order valence-corrected chi connectivity index (χ3v) is 2.62. The van der Waals surface area contributed by atoms with E-state index in [0.717, 1.165) is 11.3 Å². The van der Waals surface area contributed by atoms with Gasteiger partial charge in [0, 0.05) is 11.8 Å². The Labute approximate surface area is 96.6 Å². The van der Waals surface area contributed by atoms with Crippen LogP contribution in [0.1, 0.15) is 15.9 Å². The van der Waals surface area contributed by atoms with Crippen LogP contribution < -0.4 is 4.90 Å². The van der Waals surface area contributed by atoms with Crippen LogP contribution in [0.15, 0.2) is 45.4 Å². The fourth-order valence-electron chi connectivity index (χ4n) is 1.81. The first-order valence-electron chi connectivity index (χ1n) is 5.01. The van der Waals surface area contributed by atoms with Crippen molar-refractivity contribution >= 4 is 17.9 Å². The molecule has 2 aliphatic rings. The number of carboxylic acid groups (broad SMARTS) is 1. The van der Waals surface area contributed by atoms with E-state index in [1.165, 1.54) is 0 Å². The van der Waals surface area contributed by atoms with E-state index in [4.69, 9.17) is 5.11 Å². The van der Waals surface area contributed by atoms with Gasteiger partial charge in [0.05, 0.1) is 17.5 Å². The Morgan fingerprint density at radius 1 is 1.41 bits per heavy atom. The summed E-state index contributed by atoms with van der Waals surface area (Å²) in [6.45, 7) is 0.439. The smallest absolute Gasteiger partial charge is 0.335 e. The summed E-state index contributed by atoms with van der Waals surface area (Å²) in [5, 5.41) is 16.8. The van der Waals surface area contributed by atoms with Crippen molar-refractivity contribution in [2.24, 2.45) is 15.2 Å². The molecule has 0 aliphatic carbocycles. The van der Waals surface area contributed by atoms with Crippen LogP contribution >= 0.6 is 0 Å². The lowest BCUT2D eigenvalue weighted by atomic mass is 10.1. The Bertz CT molecular complexity index is 589. The first-order valence-corrected chi connectivity index (χ1v) is 5.01. The van der Waals surface area contributed by atoms with Crippen LogP contribution in [0.4, 0.5) is 5.69 Å². The van der Waals surface area contributed by atoms with E-state index >= 15 is 0 Å². The topological polar surface area (TPSA) is 77.6 Å². The lowest BCUT2D eigenvalue weighted by Gasteiger charge is -2.17. The number of fused-ring (bicyclic) bond motifs is 3. The average molecular weight is 228 g/mol. The van der Waals surface area contributed by atoms with Gasteiger partial charge in [-0.1, -0.05) is 0 Å². The zero-order valence-corrected chi connectivity index (χ0v) is 8.74. The summed E-state index contributed by atoms with van der Waals surface area (Å²) in [5.41, 5.74) is 1.86. The Balaban J connectivity index is 2.13. The zero-order valence-electron chi connectivity index (χ0n) is 8.74. The number of anilines is 1. The van der Waals surface area contributed by atoms with Crippen molar-refractivity contribution < 1.29 is 9.90 Å². The van der Waals surface area contributed by atoms with Crippen LogP contribution in [0.5, 0.6) is 0 Å². The van der Waals surface area contributed by atoms with Crippen molar-refractivity contribution in [2.45, 2.75) is 0 Å². The van der Waals surface area contributed by atoms with Crippen molar-refractivity contribution in [3.8, 4) is 0 Å². The second-order valence-electron chi connectivity index (χ2n) is 3.66. The van der Waals surface area contributed by atoms with Crippen LogP contribution in [0.2, 0.25) is 0 Å². The van der Waals surface area contributed by atoms with Crippen molar-refractivity contribution in [1.82, 2.24) is 0 Å². The van der Waals surface area contributed by atoms with Gasteiger partial charge in [-0.25, -0.2) is 4.79 Å². The average Bonchev–Trinajstić information content (AvgIpc) is 2.71. The molecule has 0 amide bonds. The third kappa shape index (κ3) is 1.50. The number of aromatic carboxylic acids is 1. The van der Waals surface area contributed by atoms with Crippen LogP contribution in [-0.4, -0.2) is 24.0 Å². The molecule has 0 saturated heterocycles. The first kappa shape index (κ1) is 9.71. The summed E-state index contributed by atoms with van der Waals surface area (Å²) in [5.74, 6) is -0.280. The van der Waals surface area contributed by atoms with E-state index in [0.29, 0.717) is 12.5 Å². The van der Waals surface area contributed by atoms with Gasteiger partial charge in [-0.15, -0.1) is 5.11 Å². The standard InChI is InChI=1S/C11H8N4O2/c16-11(17)7-1-2-9-8(3-7)4-12-5-10-14-13-6-15(9)10/h1-5H,6H2,(H,16,17). The lowest BCUT2D eigenvalue weighted by molar-refractivity contribution is 0.0697. The van der Waals surface area contributed by atoms with Crippen LogP contribution in [0.25, 0.3) is 0 Å². The quantitative estimate of drug-likeness (QED) is 0.796. The SMILES string of the molecule is O=C(O)c1ccc2c(c1)C=NC=C1N=NCN12. The van der Waals surface area contributed by atoms with Gasteiger partial charge in [-0.3, -0.25) is 4.99 Å². The number of azo groups is 1. The molecule has 84 valence electrons. The van der Waals surface area contributed by atoms with Crippen molar-refractivity contribution in [3.05, 3.63) is 41.3 Å². The van der Waals surface area contributed by atoms with Crippen molar-refractivity contribution in [2.75, 3.05) is 11.6 Å². The summed E-state index contributed by atoms with van der Waals surface area (Å²) in [6, 6.07) is 4.91. The van der Waals surface area contributed by atoms with Crippen LogP contribution in [-0.2, 0) is 0 Å². The van der Waals surface area contributed by atoms with Gasteiger partial charge < -0.3 is 10.0 Å². The summed E-state index contributed by atoms with van der Waals surface area (Å²) in [6.07, 6.45) is 3.24. The van der Waals surface area contributed by atoms with Gasteiger partial charge in [-0.2, -0.15) is 5.11 Å². The highest BCUT2D eigenvalue weighted by Gasteiger charge is 2.21. The molecule has 0 unspecified atom stereocenters. The highest BCUT2D eigenvalue weighted by Crippen LogP contribution is 2.29. The predicted molar refractivity (Wildman–Crippen MR) is 61.3 cm³/mol. The van der Waals surface area contributed by atoms with E-state index in [9.17, 15) is 4.79 Å². The minimum absolute atomic E-state index is 0.242. The predicted octanol–water partition coefficient (Wildman–Crippen LogP) is 1.85. The molecule has 0 bridgehead atoms. The van der Waals surface area contributed by atoms with Gasteiger partial charge in [0.15, 0.2) is 5.82 Å². The highest BCUT2D eigenvalue weighted by molar-refractivity contribution is 5.95. The van der Waals surface area contributed by atoms with Gasteiger partial charge >= 0.3 is 5.97 Å². The first-order chi connectivity index (χ1) is 8.25. The molecule has 6 nitrogen and oxygen atoms in total. The van der Waals surface area contributed by atoms with E-state index in [1.54, 1.807) is 30.6 Å². The van der Waals surface area contributed by atoms with Gasteiger partial charge in [0.1, 0.15) is 6.67 Å². The number of rotatable bonds is 1. The van der Waals surface area contributed by atoms with E-state index < -0.39 is 5.97 Å². The van der Waals surface area contributed by atoms with Crippen molar-refractivity contribution in [3.63, 3.8) is 0 Å². The Morgan fingerprint density at radius 2 is 2.29 bits per heavy atom. The monoisotopic (exact) mass is 228 g/mol. The Kier molecular flexibility index (Phi) is 2.01. The molecule has 0 saturated carbocycles. The number of hydrogen-bond acceptors (Lipinski definition) is 5. The van der Waals surface area contributed by atoms with E-state index in [2.05, 4.69) is 15.2 Å². The molecule has 0 aromatic heterocycles. The second-order valence-corrected chi connectivity index (χ2v) is 3.66. The summed E-state index contributed by atoms with van der Waals surface area (Å²) >= 11 is 0. The molecule has 1 aromatic rings. The number of hydrogen-bond donors (Lipinski definition) is 1. The minimum atomic E-state index is -0.950. The van der Waals surface area contributed by atoms with Gasteiger partial charge in [0.2, 0.25) is 0 Å². The number of aliphatic imine (C=N–C) groups is 1. The number of benzene rings is 1. The largest absolute Gasteiger partial charge is 0.478 e. The van der Waals surface area contributed by atoms with Gasteiger partial charge in [-0.05, 0) is 18.2 Å². The minimum Gasteiger partial charge on any atom is -0.478 e. The highest BCUT2D eigenvalue weighted by atomic mass is 16.4. The Hall–Kier alpha value is -2.50. The number of nitrogens with zero attached hydrogens (tertiary/aromatic N) is 4. The second kappa shape index (κ2) is 3.51. The molecule has 0 atom stereocenters. The molecule has 2 heterocycles. The summed E-state index contributed by atoms with van der Waals surface area (Å²) in [7, 11) is 0. The molecule has 0 radical (unpaired) electrons. The molecular weight excluding hydrogens is 220 g/mol. The molecule has 6 heteroatoms. The zero-order chi connectivity index (χ0) is 11.8. The molecule has 1 aromatic carbocycles. The fourth-order valence-corrected chi connectivity index (χ4v) is 1.81. The molecule has 3 rings (SSSR count). The molecule has 17 heavy (non-hydrogen) atoms. The maximum absolute atomic E-state index is 10.9. The normalized spacial score (nSPS) is 16.2. The molecule has 0 spiro atoms. The summed E-state index contributed by atoms with van der Waals surface area (Å²) < 4.78 is 0. The molecule has 2 aliphatic heterocycles. The van der Waals surface area contributed by atoms with E-state index in [-0.39, 0.29) is 5.56 Å². The maximum atomic E-state index is 10.9. The third-order valence-electron chi connectivity index (χ3n) is 2.62. The molecular formula is C11H8N4O2. The van der Waals surface area contributed by atoms with Crippen molar-refractivity contribution in [1.29, 1.82) is 0 Å². The maximum Gasteiger partial charge on any atom is 0.335 e. The fraction of sp³-hybridized carbons (Fsp3) is 0.0909. The van der Waals surface area contributed by atoms with Crippen LogP contribution in [0, 0.1) is 0 Å². The lowest BCUT2D eigenvalue weighted by Crippen LogP contribution is -2.18. The Morgan fingerprint density at radius 3 is 3.12 bits per heavy atom. The summed E-state index contributed by atoms with van der Waals surface area (Å²) in [4.78, 5) is 16.9. The molecule has 0 fully saturated rings. The number of carboxylic acids is 1. The molecule has 1 N–H and O–H groups in total. The van der Waals surface area contributed by atoms with Gasteiger partial charge in [0.25, 0.3) is 0 Å². The number of carbonyl (C=O) groups is 1.